The van der Waals surface area contributed by atoms with Gasteiger partial charge in [-0.25, -0.2) is 9.97 Å². The summed E-state index contributed by atoms with van der Waals surface area (Å²) in [5.41, 5.74) is 6.73. The second-order valence-corrected chi connectivity index (χ2v) is 7.88. The number of ketones is 1. The van der Waals surface area contributed by atoms with Gasteiger partial charge in [-0.1, -0.05) is 0 Å². The monoisotopic (exact) mass is 387 g/mol. The third-order valence-electron chi connectivity index (χ3n) is 4.76. The predicted octanol–water partition coefficient (Wildman–Crippen LogP) is 2.41. The number of pyridine rings is 1. The Hall–Kier alpha value is -2.48. The number of anilines is 2. The van der Waals surface area contributed by atoms with Crippen LogP contribution in [-0.4, -0.2) is 41.8 Å². The number of amides is 1. The van der Waals surface area contributed by atoms with Crippen LogP contribution in [0.2, 0.25) is 0 Å². The normalized spacial score (nSPS) is 17.0. The van der Waals surface area contributed by atoms with Gasteiger partial charge in [0.25, 0.3) is 5.91 Å². The number of Topliss-reactive ketones (excluding diaryl/α,β-unsaturated/α-hetero) is 1. The van der Waals surface area contributed by atoms with Crippen LogP contribution in [0.4, 0.5) is 11.6 Å². The quantitative estimate of drug-likeness (QED) is 0.756. The molecule has 0 unspecified atom stereocenters. The van der Waals surface area contributed by atoms with Gasteiger partial charge >= 0.3 is 0 Å². The summed E-state index contributed by atoms with van der Waals surface area (Å²) in [6.07, 6.45) is 3.04. The standard InChI is InChI=1S/C19H25N5O2S/c1-12-11-27-17(22-12)9-14(25)8-13-4-3-7-24(10-13)16-6-5-15(18(20)26)19(21-2)23-16/h5-6,11,13H,3-4,7-10H2,1-2H3,(H2,20,26)(H,21,23)/t13-/m0/s1. The first kappa shape index (κ1) is 19.3. The molecule has 0 radical (unpaired) electrons. The van der Waals surface area contributed by atoms with Gasteiger partial charge in [0.15, 0.2) is 0 Å². The molecule has 1 fully saturated rings. The van der Waals surface area contributed by atoms with Gasteiger partial charge in [0.1, 0.15) is 22.4 Å². The van der Waals surface area contributed by atoms with Crippen LogP contribution in [0, 0.1) is 12.8 Å². The van der Waals surface area contributed by atoms with Crippen molar-refractivity contribution in [3.63, 3.8) is 0 Å². The molecule has 144 valence electrons. The van der Waals surface area contributed by atoms with Crippen molar-refractivity contribution in [1.82, 2.24) is 9.97 Å². The molecule has 1 aliphatic heterocycles. The Morgan fingerprint density at radius 3 is 2.85 bits per heavy atom. The highest BCUT2D eigenvalue weighted by Crippen LogP contribution is 2.26. The van der Waals surface area contributed by atoms with Crippen LogP contribution in [0.3, 0.4) is 0 Å². The minimum atomic E-state index is -0.502. The zero-order valence-electron chi connectivity index (χ0n) is 15.7. The fourth-order valence-corrected chi connectivity index (χ4v) is 4.30. The first-order valence-electron chi connectivity index (χ1n) is 9.12. The van der Waals surface area contributed by atoms with Gasteiger partial charge in [0.05, 0.1) is 12.0 Å². The zero-order chi connectivity index (χ0) is 19.4. The van der Waals surface area contributed by atoms with Gasteiger partial charge in [-0.2, -0.15) is 0 Å². The van der Waals surface area contributed by atoms with E-state index in [-0.39, 0.29) is 5.78 Å². The van der Waals surface area contributed by atoms with Crippen molar-refractivity contribution in [2.24, 2.45) is 11.7 Å². The Morgan fingerprint density at radius 2 is 2.19 bits per heavy atom. The summed E-state index contributed by atoms with van der Waals surface area (Å²) in [5.74, 6) is 1.33. The number of carbonyl (C=O) groups is 2. The fraction of sp³-hybridized carbons (Fsp3) is 0.474. The summed E-state index contributed by atoms with van der Waals surface area (Å²) >= 11 is 1.55. The van der Waals surface area contributed by atoms with Crippen molar-refractivity contribution in [3.8, 4) is 0 Å². The minimum absolute atomic E-state index is 0.240. The average Bonchev–Trinajstić information content (AvgIpc) is 3.05. The molecule has 3 heterocycles. The van der Waals surface area contributed by atoms with E-state index in [0.29, 0.717) is 30.1 Å². The number of carbonyl (C=O) groups excluding carboxylic acids is 2. The van der Waals surface area contributed by atoms with Crippen LogP contribution in [0.25, 0.3) is 0 Å². The van der Waals surface area contributed by atoms with Gasteiger partial charge in [-0.3, -0.25) is 9.59 Å². The molecule has 1 atom stereocenters. The maximum absolute atomic E-state index is 12.4. The van der Waals surface area contributed by atoms with E-state index in [1.807, 2.05) is 18.4 Å². The summed E-state index contributed by atoms with van der Waals surface area (Å²) in [6, 6.07) is 3.53. The van der Waals surface area contributed by atoms with Crippen molar-refractivity contribution in [3.05, 3.63) is 33.8 Å². The fourth-order valence-electron chi connectivity index (χ4n) is 3.50. The molecule has 2 aromatic rings. The average molecular weight is 388 g/mol. The number of primary amides is 1. The first-order chi connectivity index (χ1) is 13.0. The lowest BCUT2D eigenvalue weighted by atomic mass is 9.92. The molecule has 1 amide bonds. The molecular weight excluding hydrogens is 362 g/mol. The topological polar surface area (TPSA) is 101 Å². The highest BCUT2D eigenvalue weighted by molar-refractivity contribution is 7.09. The molecule has 8 heteroatoms. The number of thiazole rings is 1. The van der Waals surface area contributed by atoms with Crippen LogP contribution in [0.5, 0.6) is 0 Å². The van der Waals surface area contributed by atoms with Crippen molar-refractivity contribution in [2.45, 2.75) is 32.6 Å². The summed E-state index contributed by atoms with van der Waals surface area (Å²) in [6.45, 7) is 3.62. The summed E-state index contributed by atoms with van der Waals surface area (Å²) in [5, 5.41) is 5.80. The number of aryl methyl sites for hydroxylation is 1. The lowest BCUT2D eigenvalue weighted by molar-refractivity contribution is -0.119. The Balaban J connectivity index is 1.63. The van der Waals surface area contributed by atoms with E-state index in [4.69, 9.17) is 5.73 Å². The van der Waals surface area contributed by atoms with Crippen LogP contribution in [0.15, 0.2) is 17.5 Å². The molecule has 3 N–H and O–H groups in total. The third kappa shape index (κ3) is 4.82. The van der Waals surface area contributed by atoms with E-state index in [0.717, 1.165) is 42.5 Å². The second-order valence-electron chi connectivity index (χ2n) is 6.94. The molecule has 0 aliphatic carbocycles. The first-order valence-corrected chi connectivity index (χ1v) is 10.0. The van der Waals surface area contributed by atoms with Gasteiger partial charge in [-0.15, -0.1) is 11.3 Å². The highest BCUT2D eigenvalue weighted by atomic mass is 32.1. The summed E-state index contributed by atoms with van der Waals surface area (Å²) in [7, 11) is 1.72. The van der Waals surface area contributed by atoms with E-state index in [1.165, 1.54) is 0 Å². The number of nitrogens with zero attached hydrogens (tertiary/aromatic N) is 3. The smallest absolute Gasteiger partial charge is 0.252 e. The predicted molar refractivity (Wildman–Crippen MR) is 107 cm³/mol. The van der Waals surface area contributed by atoms with Crippen molar-refractivity contribution in [1.29, 1.82) is 0 Å². The largest absolute Gasteiger partial charge is 0.372 e. The molecule has 3 rings (SSSR count). The maximum Gasteiger partial charge on any atom is 0.252 e. The SMILES string of the molecule is CNc1nc(N2CCC[C@@H](CC(=O)Cc3nc(C)cs3)C2)ccc1C(N)=O. The van der Waals surface area contributed by atoms with Crippen molar-refractivity contribution in [2.75, 3.05) is 30.4 Å². The molecule has 1 aliphatic rings. The van der Waals surface area contributed by atoms with Gasteiger partial charge in [-0.05, 0) is 37.8 Å². The molecule has 27 heavy (non-hydrogen) atoms. The lowest BCUT2D eigenvalue weighted by Crippen LogP contribution is -2.37. The molecule has 0 bridgehead atoms. The second kappa shape index (κ2) is 8.47. The Bertz CT molecular complexity index is 835. The Kier molecular flexibility index (Phi) is 6.05. The Morgan fingerprint density at radius 1 is 1.37 bits per heavy atom. The molecule has 2 aromatic heterocycles. The van der Waals surface area contributed by atoms with E-state index < -0.39 is 5.91 Å². The van der Waals surface area contributed by atoms with Crippen molar-refractivity contribution < 1.29 is 9.59 Å². The van der Waals surface area contributed by atoms with E-state index >= 15 is 0 Å². The van der Waals surface area contributed by atoms with Gasteiger partial charge in [0.2, 0.25) is 0 Å². The minimum Gasteiger partial charge on any atom is -0.372 e. The third-order valence-corrected chi connectivity index (χ3v) is 5.72. The van der Waals surface area contributed by atoms with Crippen LogP contribution >= 0.6 is 11.3 Å². The van der Waals surface area contributed by atoms with E-state index in [9.17, 15) is 9.59 Å². The zero-order valence-corrected chi connectivity index (χ0v) is 16.5. The lowest BCUT2D eigenvalue weighted by Gasteiger charge is -2.33. The number of aromatic nitrogens is 2. The summed E-state index contributed by atoms with van der Waals surface area (Å²) in [4.78, 5) is 35.0. The molecule has 7 nitrogen and oxygen atoms in total. The molecular formula is C19H25N5O2S. The Labute approximate surface area is 163 Å². The molecule has 1 saturated heterocycles. The number of rotatable bonds is 7. The van der Waals surface area contributed by atoms with Crippen LogP contribution in [0.1, 0.15) is 40.3 Å². The maximum atomic E-state index is 12.4. The number of hydrogen-bond donors (Lipinski definition) is 2. The number of nitrogens with two attached hydrogens (primary N) is 1. The van der Waals surface area contributed by atoms with E-state index in [2.05, 4.69) is 20.2 Å². The van der Waals surface area contributed by atoms with Gasteiger partial charge in [0, 0.05) is 37.6 Å². The van der Waals surface area contributed by atoms with Crippen LogP contribution in [-0.2, 0) is 11.2 Å². The van der Waals surface area contributed by atoms with Crippen molar-refractivity contribution >= 4 is 34.7 Å². The molecule has 0 saturated carbocycles. The van der Waals surface area contributed by atoms with Crippen LogP contribution < -0.4 is 16.0 Å². The molecule has 0 aromatic carbocycles. The summed E-state index contributed by atoms with van der Waals surface area (Å²) < 4.78 is 0. The van der Waals surface area contributed by atoms with Gasteiger partial charge < -0.3 is 16.0 Å². The number of nitrogens with one attached hydrogen (secondary N) is 1. The molecule has 0 spiro atoms. The number of piperidine rings is 1. The number of hydrogen-bond acceptors (Lipinski definition) is 7. The van der Waals surface area contributed by atoms with E-state index in [1.54, 1.807) is 24.5 Å². The highest BCUT2D eigenvalue weighted by Gasteiger charge is 2.24.